The quantitative estimate of drug-likeness (QED) is 0.740. The van der Waals surface area contributed by atoms with Crippen molar-refractivity contribution in [2.75, 3.05) is 0 Å². The highest BCUT2D eigenvalue weighted by Crippen LogP contribution is 2.29. The number of hydrogen-bond donors (Lipinski definition) is 0. The molecule has 1 heterocycles. The van der Waals surface area contributed by atoms with Crippen LogP contribution >= 0.6 is 23.2 Å². The molecule has 0 aliphatic carbocycles. The van der Waals surface area contributed by atoms with E-state index in [1.165, 1.54) is 13.1 Å². The van der Waals surface area contributed by atoms with Crippen LogP contribution < -0.4 is 5.56 Å². The van der Waals surface area contributed by atoms with Crippen molar-refractivity contribution in [1.29, 1.82) is 5.26 Å². The average Bonchev–Trinajstić information content (AvgIpc) is 2.54. The van der Waals surface area contributed by atoms with E-state index in [4.69, 9.17) is 28.5 Å². The number of aryl methyl sites for hydroxylation is 2. The summed E-state index contributed by atoms with van der Waals surface area (Å²) >= 11 is 12.5. The molecule has 130 valence electrons. The maximum absolute atomic E-state index is 12.9. The summed E-state index contributed by atoms with van der Waals surface area (Å²) < 4.78 is 1.14. The van der Waals surface area contributed by atoms with E-state index in [1.807, 2.05) is 13.8 Å². The van der Waals surface area contributed by atoms with Crippen LogP contribution in [-0.2, 0) is 13.5 Å². The zero-order chi connectivity index (χ0) is 18.7. The van der Waals surface area contributed by atoms with E-state index in [9.17, 15) is 9.59 Å². The second-order valence-electron chi connectivity index (χ2n) is 5.99. The first-order valence-corrected chi connectivity index (χ1v) is 8.49. The Morgan fingerprint density at radius 2 is 1.88 bits per heavy atom. The number of benzene rings is 1. The Hall–Kier alpha value is -2.16. The molecule has 0 spiro atoms. The molecule has 0 saturated carbocycles. The van der Waals surface area contributed by atoms with Gasteiger partial charge in [0.25, 0.3) is 5.56 Å². The van der Waals surface area contributed by atoms with Crippen LogP contribution in [0.25, 0.3) is 0 Å². The molecular weight excluding hydrogens is 361 g/mol. The summed E-state index contributed by atoms with van der Waals surface area (Å²) in [6.45, 7) is 3.74. The van der Waals surface area contributed by atoms with Gasteiger partial charge in [0.15, 0.2) is 0 Å². The molecule has 2 aromatic rings. The Balaban J connectivity index is 2.52. The van der Waals surface area contributed by atoms with Crippen molar-refractivity contribution >= 4 is 29.0 Å². The number of nitriles is 1. The van der Waals surface area contributed by atoms with E-state index in [0.29, 0.717) is 18.4 Å². The molecule has 0 N–H and O–H groups in total. The van der Waals surface area contributed by atoms with Crippen LogP contribution in [0.4, 0.5) is 0 Å². The number of ketones is 1. The Kier molecular flexibility index (Phi) is 5.99. The van der Waals surface area contributed by atoms with Gasteiger partial charge < -0.3 is 0 Å². The minimum absolute atomic E-state index is 0.0486. The molecule has 0 saturated heterocycles. The molecule has 2 rings (SSSR count). The fourth-order valence-corrected chi connectivity index (χ4v) is 3.18. The molecule has 0 fully saturated rings. The van der Waals surface area contributed by atoms with Gasteiger partial charge >= 0.3 is 0 Å². The molecule has 0 aliphatic heterocycles. The fourth-order valence-electron chi connectivity index (χ4n) is 2.47. The smallest absolute Gasteiger partial charge is 0.269 e. The van der Waals surface area contributed by atoms with Crippen molar-refractivity contribution in [2.24, 2.45) is 7.05 Å². The van der Waals surface area contributed by atoms with Gasteiger partial charge in [0, 0.05) is 19.0 Å². The molecule has 0 amide bonds. The number of carbonyl (C=O) groups is 1. The predicted octanol–water partition coefficient (Wildman–Crippen LogP) is 3.90. The Morgan fingerprint density at radius 3 is 2.40 bits per heavy atom. The number of halogens is 2. The van der Waals surface area contributed by atoms with E-state index < -0.39 is 5.78 Å². The molecule has 7 heteroatoms. The number of nitrogens with zero attached hydrogens (tertiary/aromatic N) is 3. The van der Waals surface area contributed by atoms with Gasteiger partial charge in [-0.1, -0.05) is 37.0 Å². The molecule has 0 unspecified atom stereocenters. The van der Waals surface area contributed by atoms with Crippen LogP contribution in [0.5, 0.6) is 0 Å². The first-order valence-electron chi connectivity index (χ1n) is 7.74. The van der Waals surface area contributed by atoms with Crippen molar-refractivity contribution in [2.45, 2.75) is 32.6 Å². The topological polar surface area (TPSA) is 75.8 Å². The van der Waals surface area contributed by atoms with Gasteiger partial charge in [-0.3, -0.25) is 9.59 Å². The number of rotatable bonds is 5. The molecule has 1 aromatic carbocycles. The Labute approximate surface area is 155 Å². The standard InChI is InChI=1S/C18H17Cl2N3O2/c1-10(2)12-9-15(22-23(3)18(12)25)17(24)16-13(19)7-11(5-4-6-21)8-14(16)20/h7-10H,4-5H2,1-3H3. The van der Waals surface area contributed by atoms with Gasteiger partial charge in [0.2, 0.25) is 5.78 Å². The monoisotopic (exact) mass is 377 g/mol. The van der Waals surface area contributed by atoms with Gasteiger partial charge in [0.1, 0.15) is 5.69 Å². The van der Waals surface area contributed by atoms with Crippen LogP contribution in [0.1, 0.15) is 53.4 Å². The van der Waals surface area contributed by atoms with E-state index >= 15 is 0 Å². The number of aromatic nitrogens is 2. The van der Waals surface area contributed by atoms with Gasteiger partial charge in [-0.05, 0) is 36.1 Å². The van der Waals surface area contributed by atoms with Crippen LogP contribution in [0, 0.1) is 11.3 Å². The first-order chi connectivity index (χ1) is 11.8. The summed E-state index contributed by atoms with van der Waals surface area (Å²) in [4.78, 5) is 25.0. The van der Waals surface area contributed by atoms with Crippen molar-refractivity contribution < 1.29 is 4.79 Å². The van der Waals surface area contributed by atoms with Crippen molar-refractivity contribution in [3.63, 3.8) is 0 Å². The Bertz CT molecular complexity index is 904. The predicted molar refractivity (Wildman–Crippen MR) is 97.4 cm³/mol. The van der Waals surface area contributed by atoms with Crippen LogP contribution in [-0.4, -0.2) is 15.6 Å². The highest BCUT2D eigenvalue weighted by Gasteiger charge is 2.21. The summed E-state index contributed by atoms with van der Waals surface area (Å²) in [7, 11) is 1.50. The van der Waals surface area contributed by atoms with E-state index in [1.54, 1.807) is 12.1 Å². The number of carbonyl (C=O) groups excluding carboxylic acids is 1. The molecular formula is C18H17Cl2N3O2. The highest BCUT2D eigenvalue weighted by atomic mass is 35.5. The van der Waals surface area contributed by atoms with Gasteiger partial charge in [-0.15, -0.1) is 0 Å². The van der Waals surface area contributed by atoms with E-state index in [0.717, 1.165) is 10.2 Å². The van der Waals surface area contributed by atoms with Gasteiger partial charge in [-0.25, -0.2) is 4.68 Å². The molecule has 0 aliphatic rings. The summed E-state index contributed by atoms with van der Waals surface area (Å²) in [5.41, 5.74) is 1.29. The van der Waals surface area contributed by atoms with Crippen molar-refractivity contribution in [3.05, 3.63) is 61.0 Å². The Morgan fingerprint density at radius 1 is 1.28 bits per heavy atom. The third-order valence-corrected chi connectivity index (χ3v) is 4.40. The maximum atomic E-state index is 12.9. The largest absolute Gasteiger partial charge is 0.287 e. The zero-order valence-electron chi connectivity index (χ0n) is 14.1. The molecule has 0 radical (unpaired) electrons. The fraction of sp³-hybridized carbons (Fsp3) is 0.333. The lowest BCUT2D eigenvalue weighted by atomic mass is 10.00. The lowest BCUT2D eigenvalue weighted by Crippen LogP contribution is -2.27. The van der Waals surface area contributed by atoms with E-state index in [2.05, 4.69) is 11.2 Å². The highest BCUT2D eigenvalue weighted by molar-refractivity contribution is 6.41. The van der Waals surface area contributed by atoms with Crippen LogP contribution in [0.3, 0.4) is 0 Å². The average molecular weight is 378 g/mol. The molecule has 5 nitrogen and oxygen atoms in total. The minimum Gasteiger partial charge on any atom is -0.287 e. The third-order valence-electron chi connectivity index (χ3n) is 3.80. The van der Waals surface area contributed by atoms with Gasteiger partial charge in [-0.2, -0.15) is 10.4 Å². The molecule has 25 heavy (non-hydrogen) atoms. The summed E-state index contributed by atoms with van der Waals surface area (Å²) in [6, 6.07) is 6.80. The minimum atomic E-state index is -0.445. The van der Waals surface area contributed by atoms with Crippen LogP contribution in [0.2, 0.25) is 10.0 Å². The molecule has 0 bridgehead atoms. The second kappa shape index (κ2) is 7.81. The first kappa shape index (κ1) is 19.2. The lowest BCUT2D eigenvalue weighted by molar-refractivity contribution is 0.103. The summed E-state index contributed by atoms with van der Waals surface area (Å²) in [6.07, 6.45) is 0.833. The van der Waals surface area contributed by atoms with Crippen molar-refractivity contribution in [3.8, 4) is 6.07 Å². The van der Waals surface area contributed by atoms with Crippen molar-refractivity contribution in [1.82, 2.24) is 9.78 Å². The number of hydrogen-bond acceptors (Lipinski definition) is 4. The second-order valence-corrected chi connectivity index (χ2v) is 6.80. The van der Waals surface area contributed by atoms with Gasteiger partial charge in [0.05, 0.1) is 21.7 Å². The van der Waals surface area contributed by atoms with E-state index in [-0.39, 0.29) is 32.8 Å². The SMILES string of the molecule is CC(C)c1cc(C(=O)c2c(Cl)cc(CCC#N)cc2Cl)nn(C)c1=O. The summed E-state index contributed by atoms with van der Waals surface area (Å²) in [5, 5.41) is 13.1. The summed E-state index contributed by atoms with van der Waals surface area (Å²) in [5.74, 6) is -0.494. The third kappa shape index (κ3) is 4.09. The molecule has 0 atom stereocenters. The van der Waals surface area contributed by atoms with Crippen LogP contribution in [0.15, 0.2) is 23.0 Å². The maximum Gasteiger partial charge on any atom is 0.269 e. The zero-order valence-corrected chi connectivity index (χ0v) is 15.6. The normalized spacial score (nSPS) is 10.8. The molecule has 1 aromatic heterocycles. The lowest BCUT2D eigenvalue weighted by Gasteiger charge is -2.11.